The summed E-state index contributed by atoms with van der Waals surface area (Å²) in [5, 5.41) is 2.89. The Labute approximate surface area is 264 Å². The molecular formula is C36H52N2O6. The molecule has 0 radical (unpaired) electrons. The fourth-order valence-corrected chi connectivity index (χ4v) is 5.12. The molecule has 0 aliphatic heterocycles. The third kappa shape index (κ3) is 13.0. The third-order valence-electron chi connectivity index (χ3n) is 7.45. The highest BCUT2D eigenvalue weighted by molar-refractivity contribution is 5.97. The highest BCUT2D eigenvalue weighted by Crippen LogP contribution is 2.34. The van der Waals surface area contributed by atoms with Crippen LogP contribution in [-0.4, -0.2) is 96.6 Å². The van der Waals surface area contributed by atoms with E-state index in [2.05, 4.69) is 73.7 Å². The smallest absolute Gasteiger partial charge is 0.222 e. The molecule has 0 heterocycles. The summed E-state index contributed by atoms with van der Waals surface area (Å²) in [6.45, 7) is 7.74. The Hall–Kier alpha value is -2.88. The second kappa shape index (κ2) is 21.0. The summed E-state index contributed by atoms with van der Waals surface area (Å²) < 4.78 is 21.7. The molecule has 8 heteroatoms. The van der Waals surface area contributed by atoms with Gasteiger partial charge in [0.05, 0.1) is 46.2 Å². The van der Waals surface area contributed by atoms with Crippen LogP contribution in [0.15, 0.2) is 48.5 Å². The van der Waals surface area contributed by atoms with Crippen LogP contribution < -0.4 is 5.32 Å². The molecule has 8 nitrogen and oxygen atoms in total. The van der Waals surface area contributed by atoms with Gasteiger partial charge in [-0.3, -0.25) is 9.59 Å². The van der Waals surface area contributed by atoms with Crippen molar-refractivity contribution in [1.82, 2.24) is 10.2 Å². The van der Waals surface area contributed by atoms with E-state index in [4.69, 9.17) is 18.9 Å². The number of aryl methyl sites for hydroxylation is 2. The molecule has 0 saturated heterocycles. The maximum atomic E-state index is 13.0. The van der Waals surface area contributed by atoms with Gasteiger partial charge in [-0.05, 0) is 80.1 Å². The number of nitrogens with zero attached hydrogens (tertiary/aromatic N) is 1. The summed E-state index contributed by atoms with van der Waals surface area (Å²) in [6, 6.07) is 14.8. The van der Waals surface area contributed by atoms with Crippen LogP contribution in [0.3, 0.4) is 0 Å². The van der Waals surface area contributed by atoms with Crippen molar-refractivity contribution in [3.63, 3.8) is 0 Å². The van der Waals surface area contributed by atoms with E-state index in [1.54, 1.807) is 0 Å². The first-order valence-electron chi connectivity index (χ1n) is 16.2. The van der Waals surface area contributed by atoms with E-state index in [0.717, 1.165) is 44.4 Å². The minimum absolute atomic E-state index is 0.0739. The molecule has 1 amide bonds. The highest BCUT2D eigenvalue weighted by atomic mass is 16.6. The number of fused-ring (bicyclic) bond motifs is 2. The van der Waals surface area contributed by atoms with Gasteiger partial charge >= 0.3 is 0 Å². The topological polar surface area (TPSA) is 86.3 Å². The van der Waals surface area contributed by atoms with Gasteiger partial charge in [0.25, 0.3) is 0 Å². The van der Waals surface area contributed by atoms with Gasteiger partial charge < -0.3 is 29.2 Å². The van der Waals surface area contributed by atoms with Gasteiger partial charge in [-0.2, -0.15) is 0 Å². The summed E-state index contributed by atoms with van der Waals surface area (Å²) in [5.74, 6) is 0.0377. The average Bonchev–Trinajstić information content (AvgIpc) is 3.18. The molecule has 0 fully saturated rings. The zero-order chi connectivity index (χ0) is 31.4. The van der Waals surface area contributed by atoms with Crippen LogP contribution in [0, 0.1) is 0 Å². The van der Waals surface area contributed by atoms with Gasteiger partial charge in [0.1, 0.15) is 0 Å². The molecule has 0 spiro atoms. The lowest BCUT2D eigenvalue weighted by Gasteiger charge is -2.14. The van der Waals surface area contributed by atoms with Gasteiger partial charge in [-0.25, -0.2) is 0 Å². The van der Waals surface area contributed by atoms with Crippen LogP contribution in [-0.2, 0) is 36.6 Å². The van der Waals surface area contributed by atoms with Crippen molar-refractivity contribution < 1.29 is 28.5 Å². The van der Waals surface area contributed by atoms with Crippen molar-refractivity contribution in [2.45, 2.75) is 51.9 Å². The van der Waals surface area contributed by atoms with Crippen molar-refractivity contribution in [1.29, 1.82) is 0 Å². The standard InChI is InChI=1S/C36H52N2O6/c1-4-20-41-22-24-43-26-27-44-25-23-42-21-17-36(40)37-18-7-12-35(39)31-15-16-33-30(28-31)14-13-29-9-5-6-10-32(29)34(33)11-8-19-38(2)3/h5-6,9-11,15-16,28H,4,7-8,12-14,17-27H2,1-3H3,(H,37,40)/b34-11+. The van der Waals surface area contributed by atoms with Crippen LogP contribution >= 0.6 is 0 Å². The van der Waals surface area contributed by atoms with Crippen molar-refractivity contribution in [2.75, 3.05) is 80.0 Å². The molecule has 1 aliphatic rings. The van der Waals surface area contributed by atoms with Crippen LogP contribution in [0.4, 0.5) is 0 Å². The molecule has 2 aromatic rings. The van der Waals surface area contributed by atoms with E-state index >= 15 is 0 Å². The molecular weight excluding hydrogens is 556 g/mol. The van der Waals surface area contributed by atoms with E-state index in [0.29, 0.717) is 65.6 Å². The number of hydrogen-bond donors (Lipinski definition) is 1. The van der Waals surface area contributed by atoms with Crippen LogP contribution in [0.1, 0.15) is 71.6 Å². The van der Waals surface area contributed by atoms with E-state index in [-0.39, 0.29) is 18.1 Å². The summed E-state index contributed by atoms with van der Waals surface area (Å²) in [4.78, 5) is 27.4. The van der Waals surface area contributed by atoms with Crippen LogP contribution in [0.2, 0.25) is 0 Å². The number of amides is 1. The summed E-state index contributed by atoms with van der Waals surface area (Å²) in [7, 11) is 4.19. The van der Waals surface area contributed by atoms with Gasteiger partial charge in [0.2, 0.25) is 5.91 Å². The van der Waals surface area contributed by atoms with Gasteiger partial charge in [-0.15, -0.1) is 0 Å². The second-order valence-electron chi connectivity index (χ2n) is 11.3. The fourth-order valence-electron chi connectivity index (χ4n) is 5.12. The minimum atomic E-state index is -0.0739. The lowest BCUT2D eigenvalue weighted by atomic mass is 9.91. The third-order valence-corrected chi connectivity index (χ3v) is 7.45. The second-order valence-corrected chi connectivity index (χ2v) is 11.3. The van der Waals surface area contributed by atoms with E-state index in [9.17, 15) is 9.59 Å². The predicted octanol–water partition coefficient (Wildman–Crippen LogP) is 5.11. The Bertz CT molecular complexity index is 1180. The Morgan fingerprint density at radius 3 is 2.14 bits per heavy atom. The lowest BCUT2D eigenvalue weighted by molar-refractivity contribution is -0.122. The largest absolute Gasteiger partial charge is 0.379 e. The van der Waals surface area contributed by atoms with E-state index in [1.165, 1.54) is 27.8 Å². The van der Waals surface area contributed by atoms with Crippen LogP contribution in [0.25, 0.3) is 5.57 Å². The molecule has 242 valence electrons. The Balaban J connectivity index is 1.33. The van der Waals surface area contributed by atoms with Gasteiger partial charge in [-0.1, -0.05) is 49.4 Å². The maximum Gasteiger partial charge on any atom is 0.222 e. The SMILES string of the molecule is CCCOCCOCCOCCOCCC(=O)NCCCC(=O)c1ccc2c(c1)CCc1ccccc1/C2=C\CCN(C)C. The maximum absolute atomic E-state index is 13.0. The molecule has 0 atom stereocenters. The lowest BCUT2D eigenvalue weighted by Crippen LogP contribution is -2.26. The zero-order valence-corrected chi connectivity index (χ0v) is 27.0. The van der Waals surface area contributed by atoms with Crippen molar-refractivity contribution in [3.05, 3.63) is 76.4 Å². The number of carbonyl (C=O) groups excluding carboxylic acids is 2. The number of ether oxygens (including phenoxy) is 4. The molecule has 0 saturated carbocycles. The normalized spacial score (nSPS) is 13.5. The first-order valence-corrected chi connectivity index (χ1v) is 16.2. The van der Waals surface area contributed by atoms with Crippen LogP contribution in [0.5, 0.6) is 0 Å². The van der Waals surface area contributed by atoms with Crippen molar-refractivity contribution in [2.24, 2.45) is 0 Å². The zero-order valence-electron chi connectivity index (χ0n) is 27.0. The predicted molar refractivity (Wildman–Crippen MR) is 175 cm³/mol. The highest BCUT2D eigenvalue weighted by Gasteiger charge is 2.19. The van der Waals surface area contributed by atoms with Crippen molar-refractivity contribution >= 4 is 17.3 Å². The number of ketones is 1. The summed E-state index contributed by atoms with van der Waals surface area (Å²) in [6.07, 6.45) is 7.47. The number of benzene rings is 2. The monoisotopic (exact) mass is 608 g/mol. The molecule has 0 aromatic heterocycles. The number of Topliss-reactive ketones (excluding diaryl/α,β-unsaturated/α-hetero) is 1. The van der Waals surface area contributed by atoms with E-state index in [1.807, 2.05) is 6.07 Å². The summed E-state index contributed by atoms with van der Waals surface area (Å²) in [5.41, 5.74) is 7.11. The molecule has 1 aliphatic carbocycles. The fraction of sp³-hybridized carbons (Fsp3) is 0.556. The number of nitrogens with one attached hydrogen (secondary N) is 1. The first-order chi connectivity index (χ1) is 21.5. The summed E-state index contributed by atoms with van der Waals surface area (Å²) >= 11 is 0. The quantitative estimate of drug-likeness (QED) is 0.147. The van der Waals surface area contributed by atoms with E-state index < -0.39 is 0 Å². The molecule has 1 N–H and O–H groups in total. The molecule has 44 heavy (non-hydrogen) atoms. The van der Waals surface area contributed by atoms with Gasteiger partial charge in [0, 0.05) is 38.1 Å². The Morgan fingerprint density at radius 1 is 0.795 bits per heavy atom. The number of hydrogen-bond acceptors (Lipinski definition) is 7. The Morgan fingerprint density at radius 2 is 1.43 bits per heavy atom. The van der Waals surface area contributed by atoms with Gasteiger partial charge in [0.15, 0.2) is 5.78 Å². The molecule has 0 unspecified atom stereocenters. The molecule has 0 bridgehead atoms. The first kappa shape index (κ1) is 35.6. The Kier molecular flexibility index (Phi) is 17.0. The number of carbonyl (C=O) groups is 2. The molecule has 3 rings (SSSR count). The average molecular weight is 609 g/mol. The van der Waals surface area contributed by atoms with Crippen molar-refractivity contribution in [3.8, 4) is 0 Å². The molecule has 2 aromatic carbocycles. The number of rotatable bonds is 22. The minimum Gasteiger partial charge on any atom is -0.379 e.